The van der Waals surface area contributed by atoms with Gasteiger partial charge in [-0.1, -0.05) is 20.8 Å². The molecule has 0 atom stereocenters. The molecule has 57 heavy (non-hydrogen) atoms. The predicted octanol–water partition coefficient (Wildman–Crippen LogP) is 3.88. The fourth-order valence-corrected chi connectivity index (χ4v) is 4.29. The Hall–Kier alpha value is -0.640. The number of hydrogen-bond donors (Lipinski definition) is 0. The van der Waals surface area contributed by atoms with Crippen molar-refractivity contribution >= 4 is 0 Å². The lowest BCUT2D eigenvalue weighted by atomic mass is 9.91. The van der Waals surface area contributed by atoms with Crippen LogP contribution in [0.1, 0.15) is 54.4 Å². The molecule has 0 rings (SSSR count). The van der Waals surface area contributed by atoms with Gasteiger partial charge in [-0.15, -0.1) is 0 Å². The van der Waals surface area contributed by atoms with Crippen molar-refractivity contribution in [1.29, 1.82) is 0 Å². The van der Waals surface area contributed by atoms with E-state index in [1.54, 1.807) is 0 Å². The van der Waals surface area contributed by atoms with Crippen LogP contribution in [0.15, 0.2) is 0 Å². The zero-order valence-electron chi connectivity index (χ0n) is 36.9. The minimum absolute atomic E-state index is 0.137. The van der Waals surface area contributed by atoms with Crippen molar-refractivity contribution in [2.75, 3.05) is 205 Å². The fraction of sp³-hybridized carbons (Fsp3) is 1.00. The van der Waals surface area contributed by atoms with Gasteiger partial charge in [-0.3, -0.25) is 0 Å². The van der Waals surface area contributed by atoms with Gasteiger partial charge < -0.3 is 75.8 Å². The molecule has 0 bridgehead atoms. The third kappa shape index (κ3) is 55.4. The Balaban J connectivity index is 3.08. The standard InChI is InChI=1S/C41H84O16/c1-40(2,3)8-7-9-42-10-11-43-12-13-44-14-15-45-16-17-46-18-19-47-20-21-48-22-23-49-24-25-50-26-27-51-28-29-52-30-31-53-32-33-54-34-35-55-36-37-56-38-39-57-41(4,5)6/h7-39H2,1-6H3. The van der Waals surface area contributed by atoms with Crippen molar-refractivity contribution in [1.82, 2.24) is 0 Å². The predicted molar refractivity (Wildman–Crippen MR) is 217 cm³/mol. The normalized spacial score (nSPS) is 12.3. The molecule has 0 unspecified atom stereocenters. The van der Waals surface area contributed by atoms with Gasteiger partial charge in [-0.05, 0) is 39.0 Å². The molecule has 16 nitrogen and oxygen atoms in total. The molecule has 0 aliphatic carbocycles. The van der Waals surface area contributed by atoms with E-state index in [-0.39, 0.29) is 5.60 Å². The lowest BCUT2D eigenvalue weighted by Gasteiger charge is -2.19. The van der Waals surface area contributed by atoms with E-state index >= 15 is 0 Å². The van der Waals surface area contributed by atoms with Crippen molar-refractivity contribution < 1.29 is 75.8 Å². The first-order valence-corrected chi connectivity index (χ1v) is 21.0. The number of ether oxygens (including phenoxy) is 16. The van der Waals surface area contributed by atoms with Gasteiger partial charge in [-0.2, -0.15) is 0 Å². The molecule has 0 saturated heterocycles. The molecule has 0 spiro atoms. The average molecular weight is 833 g/mol. The molecule has 0 aliphatic heterocycles. The molecule has 0 aromatic carbocycles. The maximum absolute atomic E-state index is 5.59. The first-order chi connectivity index (χ1) is 27.7. The van der Waals surface area contributed by atoms with E-state index in [4.69, 9.17) is 75.8 Å². The summed E-state index contributed by atoms with van der Waals surface area (Å²) in [5.74, 6) is 0. The van der Waals surface area contributed by atoms with Gasteiger partial charge in [0.05, 0.1) is 204 Å². The minimum Gasteiger partial charge on any atom is -0.379 e. The van der Waals surface area contributed by atoms with Crippen molar-refractivity contribution in [2.24, 2.45) is 5.41 Å². The molecular weight excluding hydrogens is 748 g/mol. The summed E-state index contributed by atoms with van der Waals surface area (Å²) < 4.78 is 88.1. The minimum atomic E-state index is -0.137. The zero-order chi connectivity index (χ0) is 41.6. The smallest absolute Gasteiger partial charge is 0.0707 e. The lowest BCUT2D eigenvalue weighted by Crippen LogP contribution is -2.22. The number of rotatable bonds is 48. The maximum Gasteiger partial charge on any atom is 0.0707 e. The summed E-state index contributed by atoms with van der Waals surface area (Å²) in [7, 11) is 0. The van der Waals surface area contributed by atoms with Crippen LogP contribution in [0.2, 0.25) is 0 Å². The summed E-state index contributed by atoms with van der Waals surface area (Å²) >= 11 is 0. The first kappa shape index (κ1) is 56.4. The molecule has 0 N–H and O–H groups in total. The van der Waals surface area contributed by atoms with Crippen LogP contribution in [-0.4, -0.2) is 210 Å². The van der Waals surface area contributed by atoms with Crippen molar-refractivity contribution in [3.63, 3.8) is 0 Å². The van der Waals surface area contributed by atoms with Gasteiger partial charge in [0.1, 0.15) is 0 Å². The Morgan fingerprint density at radius 3 is 0.526 bits per heavy atom. The molecule has 0 radical (unpaired) electrons. The highest BCUT2D eigenvalue weighted by atomic mass is 16.6. The van der Waals surface area contributed by atoms with E-state index in [2.05, 4.69) is 20.8 Å². The lowest BCUT2D eigenvalue weighted by molar-refractivity contribution is -0.0467. The summed E-state index contributed by atoms with van der Waals surface area (Å²) in [5, 5.41) is 0. The third-order valence-corrected chi connectivity index (χ3v) is 7.19. The largest absolute Gasteiger partial charge is 0.379 e. The second-order valence-corrected chi connectivity index (χ2v) is 14.8. The quantitative estimate of drug-likeness (QED) is 0.0817. The zero-order valence-corrected chi connectivity index (χ0v) is 36.9. The van der Waals surface area contributed by atoms with Gasteiger partial charge >= 0.3 is 0 Å². The molecular formula is C41H84O16. The van der Waals surface area contributed by atoms with Crippen molar-refractivity contribution in [3.05, 3.63) is 0 Å². The van der Waals surface area contributed by atoms with Crippen LogP contribution >= 0.6 is 0 Å². The molecule has 0 saturated carbocycles. The van der Waals surface area contributed by atoms with E-state index in [1.807, 2.05) is 20.8 Å². The van der Waals surface area contributed by atoms with Crippen LogP contribution < -0.4 is 0 Å². The van der Waals surface area contributed by atoms with Gasteiger partial charge in [0.25, 0.3) is 0 Å². The van der Waals surface area contributed by atoms with E-state index in [9.17, 15) is 0 Å². The Kier molecular flexibility index (Phi) is 44.4. The molecule has 16 heteroatoms. The molecule has 0 fully saturated rings. The first-order valence-electron chi connectivity index (χ1n) is 21.0. The molecule has 0 heterocycles. The number of hydrogen-bond acceptors (Lipinski definition) is 16. The van der Waals surface area contributed by atoms with Crippen LogP contribution in [0.3, 0.4) is 0 Å². The van der Waals surface area contributed by atoms with Crippen molar-refractivity contribution in [2.45, 2.75) is 60.0 Å². The second kappa shape index (κ2) is 44.9. The SMILES string of the molecule is CC(C)(C)CCCOCCOCCOCCOCCOCCOCCOCCOCCOCCOCCOCCOCCOCCOCCOCCOC(C)(C)C. The van der Waals surface area contributed by atoms with Crippen LogP contribution in [-0.2, 0) is 75.8 Å². The van der Waals surface area contributed by atoms with Crippen LogP contribution in [0, 0.1) is 5.41 Å². The molecule has 344 valence electrons. The van der Waals surface area contributed by atoms with Gasteiger partial charge in [-0.25, -0.2) is 0 Å². The monoisotopic (exact) mass is 833 g/mol. The van der Waals surface area contributed by atoms with Gasteiger partial charge in [0.15, 0.2) is 0 Å². The van der Waals surface area contributed by atoms with Crippen LogP contribution in [0.4, 0.5) is 0 Å². The average Bonchev–Trinajstić information content (AvgIpc) is 3.16. The highest BCUT2D eigenvalue weighted by Crippen LogP contribution is 2.20. The van der Waals surface area contributed by atoms with E-state index in [1.165, 1.54) is 6.42 Å². The Bertz CT molecular complexity index is 693. The van der Waals surface area contributed by atoms with E-state index in [0.717, 1.165) is 13.0 Å². The summed E-state index contributed by atoms with van der Waals surface area (Å²) in [6, 6.07) is 0. The Morgan fingerprint density at radius 1 is 0.211 bits per heavy atom. The summed E-state index contributed by atoms with van der Waals surface area (Å²) in [4.78, 5) is 0. The van der Waals surface area contributed by atoms with Crippen LogP contribution in [0.25, 0.3) is 0 Å². The molecule has 0 aliphatic rings. The molecule has 0 aromatic heterocycles. The Morgan fingerprint density at radius 2 is 0.368 bits per heavy atom. The van der Waals surface area contributed by atoms with Crippen LogP contribution in [0.5, 0.6) is 0 Å². The van der Waals surface area contributed by atoms with Crippen molar-refractivity contribution in [3.8, 4) is 0 Å². The molecule has 0 aromatic rings. The Labute approximate surface area is 345 Å². The topological polar surface area (TPSA) is 148 Å². The summed E-state index contributed by atoms with van der Waals surface area (Å²) in [6.07, 6.45) is 2.25. The summed E-state index contributed by atoms with van der Waals surface area (Å²) in [5.41, 5.74) is 0.226. The molecule has 0 amide bonds. The van der Waals surface area contributed by atoms with E-state index in [0.29, 0.717) is 204 Å². The second-order valence-electron chi connectivity index (χ2n) is 14.8. The maximum atomic E-state index is 5.59. The highest BCUT2D eigenvalue weighted by molar-refractivity contribution is 4.60. The van der Waals surface area contributed by atoms with E-state index < -0.39 is 0 Å². The van der Waals surface area contributed by atoms with Gasteiger partial charge in [0, 0.05) is 6.61 Å². The van der Waals surface area contributed by atoms with Gasteiger partial charge in [0.2, 0.25) is 0 Å². The summed E-state index contributed by atoms with van der Waals surface area (Å²) in [6.45, 7) is 29.4. The third-order valence-electron chi connectivity index (χ3n) is 7.19. The highest BCUT2D eigenvalue weighted by Gasteiger charge is 2.09. The fourth-order valence-electron chi connectivity index (χ4n) is 4.29.